The Morgan fingerprint density at radius 3 is 2.39 bits per heavy atom. The number of aliphatic imine (C=N–C) groups is 1. The topological polar surface area (TPSA) is 84.6 Å². The van der Waals surface area contributed by atoms with Gasteiger partial charge in [-0.05, 0) is 26.7 Å². The van der Waals surface area contributed by atoms with Crippen molar-refractivity contribution in [2.45, 2.75) is 66.0 Å². The van der Waals surface area contributed by atoms with E-state index in [1.807, 2.05) is 13.8 Å². The molecule has 0 fully saturated rings. The van der Waals surface area contributed by atoms with Crippen LogP contribution in [0.15, 0.2) is 9.52 Å². The largest absolute Gasteiger partial charge is 0.371 e. The molecule has 132 valence electrons. The van der Waals surface area contributed by atoms with Gasteiger partial charge in [0, 0.05) is 19.7 Å². The van der Waals surface area contributed by atoms with Crippen molar-refractivity contribution in [3.8, 4) is 0 Å². The Bertz CT molecular complexity index is 435. The maximum Gasteiger partial charge on any atom is 0.248 e. The summed E-state index contributed by atoms with van der Waals surface area (Å²) in [4.78, 5) is 8.84. The Hall–Kier alpha value is -1.63. The Labute approximate surface area is 139 Å². The maximum atomic E-state index is 5.45. The molecule has 0 amide bonds. The van der Waals surface area contributed by atoms with E-state index in [-0.39, 0.29) is 6.10 Å². The zero-order valence-corrected chi connectivity index (χ0v) is 14.9. The fourth-order valence-electron chi connectivity index (χ4n) is 1.91. The predicted octanol–water partition coefficient (Wildman–Crippen LogP) is 2.80. The maximum absolute atomic E-state index is 5.45. The minimum absolute atomic E-state index is 0.161. The first-order valence-corrected chi connectivity index (χ1v) is 8.67. The monoisotopic (exact) mass is 325 g/mol. The summed E-state index contributed by atoms with van der Waals surface area (Å²) in [6.07, 6.45) is 4.37. The van der Waals surface area contributed by atoms with E-state index in [9.17, 15) is 0 Å². The van der Waals surface area contributed by atoms with E-state index >= 15 is 0 Å². The van der Waals surface area contributed by atoms with Crippen LogP contribution in [0.1, 0.15) is 71.2 Å². The molecule has 0 bridgehead atoms. The Morgan fingerprint density at radius 2 is 1.83 bits per heavy atom. The summed E-state index contributed by atoms with van der Waals surface area (Å²) >= 11 is 0. The smallest absolute Gasteiger partial charge is 0.248 e. The van der Waals surface area contributed by atoms with Gasteiger partial charge in [-0.15, -0.1) is 0 Å². The molecule has 0 aliphatic rings. The first-order valence-electron chi connectivity index (χ1n) is 8.67. The van der Waals surface area contributed by atoms with Gasteiger partial charge in [-0.1, -0.05) is 31.8 Å². The highest BCUT2D eigenvalue weighted by molar-refractivity contribution is 5.79. The van der Waals surface area contributed by atoms with Crippen molar-refractivity contribution < 1.29 is 9.26 Å². The minimum atomic E-state index is -0.161. The molecule has 0 aliphatic carbocycles. The van der Waals surface area contributed by atoms with Crippen LogP contribution in [0, 0.1) is 0 Å². The van der Waals surface area contributed by atoms with Gasteiger partial charge in [-0.25, -0.2) is 4.99 Å². The van der Waals surface area contributed by atoms with Crippen molar-refractivity contribution in [1.82, 2.24) is 20.8 Å². The van der Waals surface area contributed by atoms with Crippen LogP contribution in [0.3, 0.4) is 0 Å². The molecule has 1 rings (SSSR count). The van der Waals surface area contributed by atoms with Gasteiger partial charge in [-0.3, -0.25) is 0 Å². The third kappa shape index (κ3) is 7.97. The van der Waals surface area contributed by atoms with E-state index in [0.29, 0.717) is 24.9 Å². The van der Waals surface area contributed by atoms with Gasteiger partial charge in [0.25, 0.3) is 0 Å². The van der Waals surface area contributed by atoms with Crippen LogP contribution in [-0.2, 0) is 11.3 Å². The summed E-state index contributed by atoms with van der Waals surface area (Å²) in [5.41, 5.74) is 0. The molecule has 0 saturated heterocycles. The third-order valence-corrected chi connectivity index (χ3v) is 3.28. The lowest BCUT2D eigenvalue weighted by atomic mass is 10.3. The summed E-state index contributed by atoms with van der Waals surface area (Å²) in [6, 6.07) is 0. The number of guanidine groups is 1. The fourth-order valence-corrected chi connectivity index (χ4v) is 1.91. The van der Waals surface area contributed by atoms with Crippen molar-refractivity contribution in [2.24, 2.45) is 4.99 Å². The molecule has 0 radical (unpaired) electrons. The third-order valence-electron chi connectivity index (χ3n) is 3.28. The number of ether oxygens (including phenoxy) is 1. The Balaban J connectivity index is 2.56. The van der Waals surface area contributed by atoms with Gasteiger partial charge in [0.05, 0.1) is 0 Å². The number of nitrogens with one attached hydrogen (secondary N) is 2. The molecule has 0 unspecified atom stereocenters. The normalized spacial score (nSPS) is 12.0. The highest BCUT2D eigenvalue weighted by atomic mass is 16.5. The molecular formula is C16H31N5O2. The van der Waals surface area contributed by atoms with Crippen LogP contribution in [-0.4, -0.2) is 35.8 Å². The van der Waals surface area contributed by atoms with E-state index in [2.05, 4.69) is 39.6 Å². The number of rotatable bonds is 11. The van der Waals surface area contributed by atoms with Crippen LogP contribution < -0.4 is 10.6 Å². The van der Waals surface area contributed by atoms with Gasteiger partial charge in [0.15, 0.2) is 11.8 Å². The quantitative estimate of drug-likeness (QED) is 0.370. The molecule has 1 atom stereocenters. The van der Waals surface area contributed by atoms with Crippen LogP contribution >= 0.6 is 0 Å². The second-order valence-corrected chi connectivity index (χ2v) is 5.37. The number of hydrogen-bond donors (Lipinski definition) is 2. The zero-order chi connectivity index (χ0) is 16.9. The van der Waals surface area contributed by atoms with Crippen LogP contribution in [0.25, 0.3) is 0 Å². The van der Waals surface area contributed by atoms with Crippen molar-refractivity contribution in [1.29, 1.82) is 0 Å². The van der Waals surface area contributed by atoms with Gasteiger partial charge >= 0.3 is 0 Å². The molecule has 7 heteroatoms. The molecule has 23 heavy (non-hydrogen) atoms. The summed E-state index contributed by atoms with van der Waals surface area (Å²) in [5.74, 6) is 1.86. The van der Waals surface area contributed by atoms with Crippen molar-refractivity contribution in [2.75, 3.05) is 19.7 Å². The second-order valence-electron chi connectivity index (χ2n) is 5.37. The lowest BCUT2D eigenvalue weighted by Crippen LogP contribution is -2.38. The van der Waals surface area contributed by atoms with E-state index in [0.717, 1.165) is 44.7 Å². The molecule has 1 aromatic rings. The Kier molecular flexibility index (Phi) is 10.0. The van der Waals surface area contributed by atoms with E-state index < -0.39 is 0 Å². The molecule has 0 saturated carbocycles. The van der Waals surface area contributed by atoms with Crippen molar-refractivity contribution >= 4 is 5.96 Å². The van der Waals surface area contributed by atoms with Gasteiger partial charge in [-0.2, -0.15) is 4.98 Å². The average molecular weight is 325 g/mol. The summed E-state index contributed by atoms with van der Waals surface area (Å²) < 4.78 is 10.7. The fraction of sp³-hybridized carbons (Fsp3) is 0.812. The number of aromatic nitrogens is 2. The molecule has 2 N–H and O–H groups in total. The van der Waals surface area contributed by atoms with Gasteiger partial charge < -0.3 is 19.9 Å². The molecule has 0 spiro atoms. The highest BCUT2D eigenvalue weighted by Gasteiger charge is 2.13. The van der Waals surface area contributed by atoms with Crippen molar-refractivity contribution in [3.63, 3.8) is 0 Å². The molecule has 1 aromatic heterocycles. The van der Waals surface area contributed by atoms with E-state index in [1.54, 1.807) is 0 Å². The number of unbranched alkanes of at least 4 members (excludes halogenated alkanes) is 2. The summed E-state index contributed by atoms with van der Waals surface area (Å²) in [6.45, 7) is 11.0. The molecule has 1 heterocycles. The molecule has 0 aromatic carbocycles. The van der Waals surface area contributed by atoms with Crippen LogP contribution in [0.5, 0.6) is 0 Å². The predicted molar refractivity (Wildman–Crippen MR) is 91.3 cm³/mol. The first kappa shape index (κ1) is 19.4. The SMILES string of the molecule is CCCCNC(=NCc1nc([C@H](C)OCC)no1)NCCCC. The standard InChI is InChI=1S/C16H31N5O2/c1-5-8-10-17-16(18-11-9-6-2)19-12-14-20-15(21-23-14)13(4)22-7-3/h13H,5-12H2,1-4H3,(H2,17,18,19)/t13-/m0/s1. The van der Waals surface area contributed by atoms with Crippen LogP contribution in [0.4, 0.5) is 0 Å². The number of nitrogens with zero attached hydrogens (tertiary/aromatic N) is 3. The lowest BCUT2D eigenvalue weighted by Gasteiger charge is -2.11. The highest BCUT2D eigenvalue weighted by Crippen LogP contribution is 2.12. The van der Waals surface area contributed by atoms with Gasteiger partial charge in [0.2, 0.25) is 5.89 Å². The summed E-state index contributed by atoms with van der Waals surface area (Å²) in [5, 5.41) is 10.6. The molecular weight excluding hydrogens is 294 g/mol. The van der Waals surface area contributed by atoms with Gasteiger partial charge in [0.1, 0.15) is 12.6 Å². The molecule has 0 aliphatic heterocycles. The second kappa shape index (κ2) is 11.9. The van der Waals surface area contributed by atoms with E-state index in [4.69, 9.17) is 9.26 Å². The lowest BCUT2D eigenvalue weighted by molar-refractivity contribution is 0.0683. The zero-order valence-electron chi connectivity index (χ0n) is 14.9. The number of hydrogen-bond acceptors (Lipinski definition) is 5. The molecule has 7 nitrogen and oxygen atoms in total. The summed E-state index contributed by atoms with van der Waals surface area (Å²) in [7, 11) is 0. The Morgan fingerprint density at radius 1 is 1.17 bits per heavy atom. The van der Waals surface area contributed by atoms with E-state index in [1.165, 1.54) is 0 Å². The van der Waals surface area contributed by atoms with Crippen LogP contribution in [0.2, 0.25) is 0 Å². The first-order chi connectivity index (χ1) is 11.2. The minimum Gasteiger partial charge on any atom is -0.371 e. The van der Waals surface area contributed by atoms with Crippen molar-refractivity contribution in [3.05, 3.63) is 11.7 Å². The average Bonchev–Trinajstić information content (AvgIpc) is 3.02.